The van der Waals surface area contributed by atoms with Gasteiger partial charge in [-0.3, -0.25) is 0 Å². The van der Waals surface area contributed by atoms with Crippen LogP contribution in [-0.2, 0) is 16.2 Å². The zero-order valence-corrected chi connectivity index (χ0v) is 12.4. The number of thiocarbonyl (C=S) groups is 1. The van der Waals surface area contributed by atoms with Crippen molar-refractivity contribution in [3.8, 4) is 0 Å². The third kappa shape index (κ3) is 3.19. The minimum Gasteiger partial charge on any atom is -0.392 e. The Morgan fingerprint density at radius 1 is 1.38 bits per heavy atom. The fraction of sp³-hybridized carbons (Fsp3) is 0.417. The van der Waals surface area contributed by atoms with E-state index in [1.54, 1.807) is 0 Å². The minimum atomic E-state index is -4.60. The number of nitrogens with two attached hydrogens (primary N) is 1. The number of halogens is 3. The lowest BCUT2D eigenvalue weighted by Gasteiger charge is -2.23. The molecule has 0 aliphatic carbocycles. The van der Waals surface area contributed by atoms with Crippen LogP contribution in [0.15, 0.2) is 29.2 Å². The Hall–Kier alpha value is -1.19. The van der Waals surface area contributed by atoms with E-state index in [0.29, 0.717) is 18.9 Å². The highest BCUT2D eigenvalue weighted by atomic mass is 32.2. The predicted molar refractivity (Wildman–Crippen MR) is 75.1 cm³/mol. The van der Waals surface area contributed by atoms with Crippen molar-refractivity contribution in [2.24, 2.45) is 5.73 Å². The van der Waals surface area contributed by atoms with E-state index in [4.69, 9.17) is 18.0 Å². The van der Waals surface area contributed by atoms with Gasteiger partial charge >= 0.3 is 6.18 Å². The molecule has 1 aliphatic rings. The molecule has 2 N–H and O–H groups in total. The highest BCUT2D eigenvalue weighted by molar-refractivity contribution is 7.89. The summed E-state index contributed by atoms with van der Waals surface area (Å²) in [7, 11) is -4.05. The first kappa shape index (κ1) is 16.2. The van der Waals surface area contributed by atoms with Gasteiger partial charge in [-0.25, -0.2) is 8.42 Å². The lowest BCUT2D eigenvalue weighted by molar-refractivity contribution is -0.137. The zero-order valence-electron chi connectivity index (χ0n) is 10.8. The van der Waals surface area contributed by atoms with Gasteiger partial charge in [-0.2, -0.15) is 17.5 Å². The first-order chi connectivity index (χ1) is 9.64. The van der Waals surface area contributed by atoms with Crippen LogP contribution >= 0.6 is 12.2 Å². The largest absolute Gasteiger partial charge is 0.416 e. The molecule has 1 aliphatic heterocycles. The third-order valence-corrected chi connectivity index (χ3v) is 5.48. The number of hydrogen-bond acceptors (Lipinski definition) is 3. The van der Waals surface area contributed by atoms with Crippen LogP contribution in [0.4, 0.5) is 13.2 Å². The Labute approximate surface area is 125 Å². The molecule has 9 heteroatoms. The second-order valence-electron chi connectivity index (χ2n) is 4.70. The molecule has 1 saturated heterocycles. The molecule has 116 valence electrons. The maximum Gasteiger partial charge on any atom is 0.416 e. The van der Waals surface area contributed by atoms with E-state index in [-0.39, 0.29) is 11.5 Å². The molecule has 1 heterocycles. The summed E-state index contributed by atoms with van der Waals surface area (Å²) in [6, 6.07) is 3.03. The maximum atomic E-state index is 12.7. The van der Waals surface area contributed by atoms with Gasteiger partial charge in [0.15, 0.2) is 0 Å². The second-order valence-corrected chi connectivity index (χ2v) is 7.06. The molecule has 2 rings (SSSR count). The monoisotopic (exact) mass is 338 g/mol. The van der Waals surface area contributed by atoms with Crippen molar-refractivity contribution in [1.29, 1.82) is 0 Å². The van der Waals surface area contributed by atoms with Crippen LogP contribution in [-0.4, -0.2) is 30.3 Å². The first-order valence-electron chi connectivity index (χ1n) is 6.12. The second kappa shape index (κ2) is 5.54. The van der Waals surface area contributed by atoms with Crippen LogP contribution in [0.2, 0.25) is 0 Å². The molecule has 0 radical (unpaired) electrons. The van der Waals surface area contributed by atoms with Gasteiger partial charge in [-0.1, -0.05) is 18.3 Å². The number of hydrogen-bond donors (Lipinski definition) is 1. The van der Waals surface area contributed by atoms with E-state index in [2.05, 4.69) is 0 Å². The molecule has 1 fully saturated rings. The number of nitrogens with zero attached hydrogens (tertiary/aromatic N) is 1. The molecule has 0 spiro atoms. The van der Waals surface area contributed by atoms with E-state index in [1.807, 2.05) is 0 Å². The van der Waals surface area contributed by atoms with Gasteiger partial charge < -0.3 is 5.73 Å². The van der Waals surface area contributed by atoms with Gasteiger partial charge in [0.25, 0.3) is 0 Å². The Morgan fingerprint density at radius 2 is 2.05 bits per heavy atom. The molecule has 1 unspecified atom stereocenters. The highest BCUT2D eigenvalue weighted by Crippen LogP contribution is 2.32. The number of rotatable bonds is 3. The van der Waals surface area contributed by atoms with Crippen LogP contribution in [0.25, 0.3) is 0 Å². The Morgan fingerprint density at radius 3 is 2.62 bits per heavy atom. The van der Waals surface area contributed by atoms with E-state index in [1.165, 1.54) is 0 Å². The summed E-state index contributed by atoms with van der Waals surface area (Å²) in [6.07, 6.45) is -3.55. The first-order valence-corrected chi connectivity index (χ1v) is 7.97. The summed E-state index contributed by atoms with van der Waals surface area (Å²) < 4.78 is 64.1. The fourth-order valence-electron chi connectivity index (χ4n) is 2.28. The Balaban J connectivity index is 2.43. The minimum absolute atomic E-state index is 0.0306. The van der Waals surface area contributed by atoms with Crippen molar-refractivity contribution in [2.45, 2.75) is 30.0 Å². The molecule has 0 bridgehead atoms. The van der Waals surface area contributed by atoms with Crippen molar-refractivity contribution >= 4 is 27.2 Å². The van der Waals surface area contributed by atoms with Crippen molar-refractivity contribution in [3.05, 3.63) is 29.8 Å². The number of sulfonamides is 1. The van der Waals surface area contributed by atoms with E-state index in [0.717, 1.165) is 22.5 Å². The number of alkyl halides is 3. The van der Waals surface area contributed by atoms with Gasteiger partial charge in [0, 0.05) is 6.54 Å². The standard InChI is InChI=1S/C12H13F3N2O2S2/c13-12(14,15)8-3-1-4-9(7-8)21(18,19)17-6-2-5-10(17)11(16)20/h1,3-4,7,10H,2,5-6H2,(H2,16,20). The summed E-state index contributed by atoms with van der Waals surface area (Å²) in [5.41, 5.74) is 4.50. The molecule has 1 atom stereocenters. The summed E-state index contributed by atoms with van der Waals surface area (Å²) in [5, 5.41) is 0. The van der Waals surface area contributed by atoms with E-state index in [9.17, 15) is 21.6 Å². The molecular formula is C12H13F3N2O2S2. The van der Waals surface area contributed by atoms with Crippen LogP contribution in [0.1, 0.15) is 18.4 Å². The van der Waals surface area contributed by atoms with E-state index >= 15 is 0 Å². The van der Waals surface area contributed by atoms with Crippen molar-refractivity contribution in [1.82, 2.24) is 4.31 Å². The highest BCUT2D eigenvalue weighted by Gasteiger charge is 2.38. The van der Waals surface area contributed by atoms with Gasteiger partial charge in [0.2, 0.25) is 10.0 Å². The van der Waals surface area contributed by atoms with Crippen LogP contribution in [0.3, 0.4) is 0 Å². The lowest BCUT2D eigenvalue weighted by atomic mass is 10.2. The van der Waals surface area contributed by atoms with Gasteiger partial charge in [-0.05, 0) is 31.0 Å². The molecular weight excluding hydrogens is 325 g/mol. The normalized spacial score (nSPS) is 20.6. The van der Waals surface area contributed by atoms with Gasteiger partial charge in [0.05, 0.1) is 21.5 Å². The third-order valence-electron chi connectivity index (χ3n) is 3.30. The topological polar surface area (TPSA) is 63.4 Å². The zero-order chi connectivity index (χ0) is 15.8. The molecule has 1 aromatic carbocycles. The molecule has 1 aromatic rings. The smallest absolute Gasteiger partial charge is 0.392 e. The SMILES string of the molecule is NC(=S)C1CCCN1S(=O)(=O)c1cccc(C(F)(F)F)c1. The van der Waals surface area contributed by atoms with Crippen LogP contribution < -0.4 is 5.73 Å². The van der Waals surface area contributed by atoms with Crippen molar-refractivity contribution in [2.75, 3.05) is 6.54 Å². The van der Waals surface area contributed by atoms with Gasteiger partial charge in [-0.15, -0.1) is 0 Å². The quantitative estimate of drug-likeness (QED) is 0.858. The molecule has 0 aromatic heterocycles. The van der Waals surface area contributed by atoms with E-state index < -0.39 is 32.7 Å². The number of benzene rings is 1. The Bertz CT molecular complexity index is 659. The average Bonchev–Trinajstić information content (AvgIpc) is 2.88. The average molecular weight is 338 g/mol. The summed E-state index contributed by atoms with van der Waals surface area (Å²) in [6.45, 7) is 0.195. The van der Waals surface area contributed by atoms with Crippen molar-refractivity contribution < 1.29 is 21.6 Å². The summed E-state index contributed by atoms with van der Waals surface area (Å²) in [4.78, 5) is -0.372. The molecule has 4 nitrogen and oxygen atoms in total. The predicted octanol–water partition coefficient (Wildman–Crippen LogP) is 2.14. The van der Waals surface area contributed by atoms with Crippen LogP contribution in [0.5, 0.6) is 0 Å². The Kier molecular flexibility index (Phi) is 4.27. The maximum absolute atomic E-state index is 12.7. The fourth-order valence-corrected chi connectivity index (χ4v) is 4.31. The van der Waals surface area contributed by atoms with Crippen molar-refractivity contribution in [3.63, 3.8) is 0 Å². The summed E-state index contributed by atoms with van der Waals surface area (Å²) in [5.74, 6) is 0. The molecule has 0 amide bonds. The van der Waals surface area contributed by atoms with Gasteiger partial charge in [0.1, 0.15) is 0 Å². The molecule has 0 saturated carbocycles. The summed E-state index contributed by atoms with van der Waals surface area (Å²) >= 11 is 4.83. The van der Waals surface area contributed by atoms with Crippen LogP contribution in [0, 0.1) is 0 Å². The lowest BCUT2D eigenvalue weighted by Crippen LogP contribution is -2.42. The molecule has 21 heavy (non-hydrogen) atoms.